The lowest BCUT2D eigenvalue weighted by molar-refractivity contribution is -0.115. The number of benzene rings is 3. The van der Waals surface area contributed by atoms with Crippen LogP contribution in [0.1, 0.15) is 15.9 Å². The first-order valence-electron chi connectivity index (χ1n) is 10.3. The number of rotatable bonds is 5. The van der Waals surface area contributed by atoms with Crippen LogP contribution in [-0.4, -0.2) is 30.0 Å². The van der Waals surface area contributed by atoms with Crippen LogP contribution in [0.4, 0.5) is 11.4 Å². The zero-order valence-corrected chi connectivity index (χ0v) is 17.2. The molecule has 0 spiro atoms. The monoisotopic (exact) mass is 427 g/mol. The van der Waals surface area contributed by atoms with Crippen LogP contribution in [0.2, 0.25) is 0 Å². The van der Waals surface area contributed by atoms with Gasteiger partial charge in [0, 0.05) is 28.9 Å². The summed E-state index contributed by atoms with van der Waals surface area (Å²) in [4.78, 5) is 28.8. The molecule has 160 valence electrons. The van der Waals surface area contributed by atoms with Crippen LogP contribution in [0, 0.1) is 0 Å². The SMILES string of the molecule is O=C(Cc1c[nH]c2ccccc12)Nc1ccccc1C(=O)Nc1ccc2c(c1)OCCO2. The number of hydrogen-bond acceptors (Lipinski definition) is 4. The van der Waals surface area contributed by atoms with E-state index in [1.165, 1.54) is 0 Å². The Morgan fingerprint density at radius 2 is 1.66 bits per heavy atom. The average Bonchev–Trinajstić information content (AvgIpc) is 3.22. The second-order valence-corrected chi connectivity index (χ2v) is 7.44. The zero-order valence-electron chi connectivity index (χ0n) is 17.2. The highest BCUT2D eigenvalue weighted by atomic mass is 16.6. The van der Waals surface area contributed by atoms with E-state index < -0.39 is 0 Å². The van der Waals surface area contributed by atoms with E-state index in [-0.39, 0.29) is 18.2 Å². The molecule has 2 heterocycles. The molecular formula is C25H21N3O4. The molecule has 2 amide bonds. The third-order valence-corrected chi connectivity index (χ3v) is 5.27. The summed E-state index contributed by atoms with van der Waals surface area (Å²) in [6.45, 7) is 0.972. The van der Waals surface area contributed by atoms with E-state index in [4.69, 9.17) is 9.47 Å². The Balaban J connectivity index is 1.31. The summed E-state index contributed by atoms with van der Waals surface area (Å²) in [7, 11) is 0. The van der Waals surface area contributed by atoms with E-state index in [0.29, 0.717) is 41.7 Å². The van der Waals surface area contributed by atoms with Crippen molar-refractivity contribution in [3.8, 4) is 11.5 Å². The largest absolute Gasteiger partial charge is 0.486 e. The summed E-state index contributed by atoms with van der Waals surface area (Å²) in [6, 6.07) is 20.0. The fourth-order valence-corrected chi connectivity index (χ4v) is 3.75. The van der Waals surface area contributed by atoms with Crippen molar-refractivity contribution < 1.29 is 19.1 Å². The van der Waals surface area contributed by atoms with Gasteiger partial charge in [-0.05, 0) is 35.9 Å². The van der Waals surface area contributed by atoms with Crippen molar-refractivity contribution in [2.75, 3.05) is 23.8 Å². The van der Waals surface area contributed by atoms with Crippen LogP contribution in [0.15, 0.2) is 72.9 Å². The Labute approximate surface area is 184 Å². The highest BCUT2D eigenvalue weighted by molar-refractivity contribution is 6.10. The van der Waals surface area contributed by atoms with Crippen molar-refractivity contribution in [1.82, 2.24) is 4.98 Å². The Kier molecular flexibility index (Phi) is 5.21. The summed E-state index contributed by atoms with van der Waals surface area (Å²) in [5.41, 5.74) is 3.28. The van der Waals surface area contributed by atoms with Gasteiger partial charge < -0.3 is 25.1 Å². The van der Waals surface area contributed by atoms with Gasteiger partial charge in [0.25, 0.3) is 5.91 Å². The Morgan fingerprint density at radius 1 is 0.875 bits per heavy atom. The maximum absolute atomic E-state index is 12.9. The van der Waals surface area contributed by atoms with Crippen molar-refractivity contribution in [2.24, 2.45) is 0 Å². The first kappa shape index (κ1) is 19.7. The first-order chi connectivity index (χ1) is 15.7. The molecule has 0 bridgehead atoms. The molecular weight excluding hydrogens is 406 g/mol. The number of anilines is 2. The third-order valence-electron chi connectivity index (χ3n) is 5.27. The number of aromatic nitrogens is 1. The zero-order chi connectivity index (χ0) is 21.9. The predicted molar refractivity (Wildman–Crippen MR) is 122 cm³/mol. The van der Waals surface area contributed by atoms with Crippen molar-refractivity contribution in [2.45, 2.75) is 6.42 Å². The molecule has 1 aliphatic heterocycles. The molecule has 0 saturated carbocycles. The van der Waals surface area contributed by atoms with E-state index in [0.717, 1.165) is 16.5 Å². The maximum Gasteiger partial charge on any atom is 0.257 e. The minimum atomic E-state index is -0.329. The van der Waals surface area contributed by atoms with E-state index >= 15 is 0 Å². The summed E-state index contributed by atoms with van der Waals surface area (Å²) in [5, 5.41) is 6.74. The van der Waals surface area contributed by atoms with Crippen molar-refractivity contribution in [3.63, 3.8) is 0 Å². The topological polar surface area (TPSA) is 92.5 Å². The van der Waals surface area contributed by atoms with Crippen LogP contribution >= 0.6 is 0 Å². The normalized spacial score (nSPS) is 12.4. The van der Waals surface area contributed by atoms with Gasteiger partial charge in [0.2, 0.25) is 5.91 Å². The molecule has 0 atom stereocenters. The summed E-state index contributed by atoms with van der Waals surface area (Å²) in [6.07, 6.45) is 2.03. The molecule has 3 aromatic carbocycles. The van der Waals surface area contributed by atoms with Crippen molar-refractivity contribution >= 4 is 34.1 Å². The summed E-state index contributed by atoms with van der Waals surface area (Å²) < 4.78 is 11.1. The number of hydrogen-bond donors (Lipinski definition) is 3. The molecule has 0 fully saturated rings. The molecule has 0 aliphatic carbocycles. The second kappa shape index (κ2) is 8.47. The van der Waals surface area contributed by atoms with Gasteiger partial charge in [-0.3, -0.25) is 9.59 Å². The van der Waals surface area contributed by atoms with Crippen molar-refractivity contribution in [1.29, 1.82) is 0 Å². The number of aromatic amines is 1. The second-order valence-electron chi connectivity index (χ2n) is 7.44. The van der Waals surface area contributed by atoms with E-state index in [2.05, 4.69) is 15.6 Å². The highest BCUT2D eigenvalue weighted by Gasteiger charge is 2.17. The summed E-state index contributed by atoms with van der Waals surface area (Å²) in [5.74, 6) is 0.715. The fraction of sp³-hybridized carbons (Fsp3) is 0.120. The van der Waals surface area contributed by atoms with Crippen molar-refractivity contribution in [3.05, 3.63) is 84.1 Å². The van der Waals surface area contributed by atoms with Crippen LogP contribution in [0.3, 0.4) is 0 Å². The molecule has 4 aromatic rings. The lowest BCUT2D eigenvalue weighted by Gasteiger charge is -2.19. The fourth-order valence-electron chi connectivity index (χ4n) is 3.75. The highest BCUT2D eigenvalue weighted by Crippen LogP contribution is 2.33. The predicted octanol–water partition coefficient (Wildman–Crippen LogP) is 4.37. The smallest absolute Gasteiger partial charge is 0.257 e. The van der Waals surface area contributed by atoms with Gasteiger partial charge in [-0.1, -0.05) is 30.3 Å². The quantitative estimate of drug-likeness (QED) is 0.441. The first-order valence-corrected chi connectivity index (χ1v) is 10.3. The molecule has 0 unspecified atom stereocenters. The standard InChI is InChI=1S/C25H21N3O4/c29-24(13-16-15-26-20-7-3-1-5-18(16)20)28-21-8-4-2-6-19(21)25(30)27-17-9-10-22-23(14-17)32-12-11-31-22/h1-10,14-15,26H,11-13H2,(H,27,30)(H,28,29). The van der Waals surface area contributed by atoms with Gasteiger partial charge in [-0.15, -0.1) is 0 Å². The molecule has 7 heteroatoms. The number of para-hydroxylation sites is 2. The number of amides is 2. The molecule has 5 rings (SSSR count). The van der Waals surface area contributed by atoms with E-state index in [9.17, 15) is 9.59 Å². The van der Waals surface area contributed by atoms with Gasteiger partial charge in [-0.25, -0.2) is 0 Å². The number of carbonyl (C=O) groups is 2. The number of H-pyrrole nitrogens is 1. The van der Waals surface area contributed by atoms with Crippen LogP contribution in [0.5, 0.6) is 11.5 Å². The molecule has 1 aromatic heterocycles. The van der Waals surface area contributed by atoms with E-state index in [1.54, 1.807) is 42.5 Å². The molecule has 1 aliphatic rings. The minimum absolute atomic E-state index is 0.197. The van der Waals surface area contributed by atoms with Gasteiger partial charge in [0.05, 0.1) is 17.7 Å². The summed E-state index contributed by atoms with van der Waals surface area (Å²) >= 11 is 0. The Morgan fingerprint density at radius 3 is 2.56 bits per heavy atom. The minimum Gasteiger partial charge on any atom is -0.486 e. The number of fused-ring (bicyclic) bond motifs is 2. The molecule has 0 saturated heterocycles. The van der Waals surface area contributed by atoms with Gasteiger partial charge in [0.1, 0.15) is 13.2 Å². The number of ether oxygens (including phenoxy) is 2. The van der Waals surface area contributed by atoms with Gasteiger partial charge in [-0.2, -0.15) is 0 Å². The lowest BCUT2D eigenvalue weighted by atomic mass is 10.1. The molecule has 7 nitrogen and oxygen atoms in total. The molecule has 32 heavy (non-hydrogen) atoms. The van der Waals surface area contributed by atoms with Gasteiger partial charge >= 0.3 is 0 Å². The van der Waals surface area contributed by atoms with Crippen LogP contribution in [-0.2, 0) is 11.2 Å². The molecule has 3 N–H and O–H groups in total. The average molecular weight is 427 g/mol. The molecule has 0 radical (unpaired) electrons. The van der Waals surface area contributed by atoms with E-state index in [1.807, 2.05) is 30.5 Å². The van der Waals surface area contributed by atoms with Crippen LogP contribution in [0.25, 0.3) is 10.9 Å². The third kappa shape index (κ3) is 4.00. The Bertz CT molecular complexity index is 1310. The van der Waals surface area contributed by atoms with Gasteiger partial charge in [0.15, 0.2) is 11.5 Å². The lowest BCUT2D eigenvalue weighted by Crippen LogP contribution is -2.19. The Hall–Kier alpha value is -4.26. The number of carbonyl (C=O) groups excluding carboxylic acids is 2. The number of nitrogens with one attached hydrogen (secondary N) is 3. The maximum atomic E-state index is 12.9. The van der Waals surface area contributed by atoms with Crippen LogP contribution < -0.4 is 20.1 Å².